The maximum absolute atomic E-state index is 12.5. The molecule has 8 heteroatoms. The van der Waals surface area contributed by atoms with Gasteiger partial charge in [-0.2, -0.15) is 0 Å². The molecule has 0 bridgehead atoms. The second kappa shape index (κ2) is 6.36. The highest BCUT2D eigenvalue weighted by atomic mass is 32.1. The largest absolute Gasteiger partial charge is 0.373 e. The van der Waals surface area contributed by atoms with Crippen molar-refractivity contribution >= 4 is 50.7 Å². The van der Waals surface area contributed by atoms with Gasteiger partial charge in [0.05, 0.1) is 26.2 Å². The number of para-hydroxylation sites is 1. The summed E-state index contributed by atoms with van der Waals surface area (Å²) in [5.41, 5.74) is 1.34. The first-order valence-corrected chi connectivity index (χ1v) is 9.91. The van der Waals surface area contributed by atoms with Gasteiger partial charge in [0.1, 0.15) is 9.88 Å². The summed E-state index contributed by atoms with van der Waals surface area (Å²) in [6.07, 6.45) is 0. The molecule has 6 nitrogen and oxygen atoms in total. The van der Waals surface area contributed by atoms with Crippen LogP contribution in [-0.2, 0) is 4.84 Å². The molecule has 2 aromatic heterocycles. The molecule has 3 heterocycles. The van der Waals surface area contributed by atoms with Crippen LogP contribution in [0.25, 0.3) is 20.1 Å². The fraction of sp³-hybridized carbons (Fsp3) is 0. The minimum atomic E-state index is -0.758. The molecule has 0 fully saturated rings. The van der Waals surface area contributed by atoms with Gasteiger partial charge in [0.2, 0.25) is 0 Å². The van der Waals surface area contributed by atoms with Crippen LogP contribution < -0.4 is 0 Å². The van der Waals surface area contributed by atoms with E-state index >= 15 is 0 Å². The molecule has 2 aromatic carbocycles. The second-order valence-electron chi connectivity index (χ2n) is 5.98. The third-order valence-electron chi connectivity index (χ3n) is 4.24. The average molecular weight is 406 g/mol. The summed E-state index contributed by atoms with van der Waals surface area (Å²) in [5.74, 6) is -2.04. The summed E-state index contributed by atoms with van der Waals surface area (Å²) in [4.78, 5) is 47.9. The molecule has 1 aliphatic rings. The molecular formula is C20H10N2O4S2. The number of carbonyl (C=O) groups is 3. The third kappa shape index (κ3) is 2.62. The van der Waals surface area contributed by atoms with E-state index < -0.39 is 17.8 Å². The number of rotatable bonds is 3. The molecule has 0 N–H and O–H groups in total. The number of hydrogen-bond donors (Lipinski definition) is 0. The van der Waals surface area contributed by atoms with Crippen LogP contribution in [-0.4, -0.2) is 27.8 Å². The number of aromatic nitrogens is 1. The Kier molecular flexibility index (Phi) is 3.81. The number of fused-ring (bicyclic) bond motifs is 2. The Labute approximate surface area is 166 Å². The first kappa shape index (κ1) is 16.8. The van der Waals surface area contributed by atoms with Gasteiger partial charge >= 0.3 is 5.97 Å². The van der Waals surface area contributed by atoms with Crippen LogP contribution in [0.2, 0.25) is 0 Å². The van der Waals surface area contributed by atoms with E-state index in [0.717, 1.165) is 20.1 Å². The third-order valence-corrected chi connectivity index (χ3v) is 6.51. The van der Waals surface area contributed by atoms with E-state index in [1.54, 1.807) is 24.3 Å². The number of hydrogen-bond acceptors (Lipinski definition) is 7. The van der Waals surface area contributed by atoms with Crippen LogP contribution in [0.1, 0.15) is 30.4 Å². The Morgan fingerprint density at radius 2 is 1.54 bits per heavy atom. The van der Waals surface area contributed by atoms with Crippen molar-refractivity contribution in [3.63, 3.8) is 0 Å². The van der Waals surface area contributed by atoms with Crippen molar-refractivity contribution in [1.29, 1.82) is 0 Å². The van der Waals surface area contributed by atoms with E-state index in [4.69, 9.17) is 4.84 Å². The Morgan fingerprint density at radius 1 is 0.857 bits per heavy atom. The van der Waals surface area contributed by atoms with Gasteiger partial charge in [-0.05, 0) is 36.4 Å². The molecule has 0 spiro atoms. The Bertz CT molecular complexity index is 1210. The van der Waals surface area contributed by atoms with Crippen LogP contribution in [0.4, 0.5) is 0 Å². The Hall–Kier alpha value is -3.36. The molecule has 0 saturated carbocycles. The zero-order valence-electron chi connectivity index (χ0n) is 14.1. The van der Waals surface area contributed by atoms with Gasteiger partial charge in [0, 0.05) is 0 Å². The lowest BCUT2D eigenvalue weighted by atomic mass is 10.1. The molecule has 1 aliphatic heterocycles. The van der Waals surface area contributed by atoms with Gasteiger partial charge in [-0.25, -0.2) is 9.78 Å². The van der Waals surface area contributed by atoms with Gasteiger partial charge in [-0.15, -0.1) is 22.7 Å². The van der Waals surface area contributed by atoms with Gasteiger partial charge in [-0.1, -0.05) is 29.3 Å². The van der Waals surface area contributed by atoms with E-state index in [9.17, 15) is 14.4 Å². The molecule has 0 radical (unpaired) electrons. The lowest BCUT2D eigenvalue weighted by molar-refractivity contribution is -0.0581. The molecule has 4 aromatic rings. The van der Waals surface area contributed by atoms with Gasteiger partial charge < -0.3 is 4.84 Å². The lowest BCUT2D eigenvalue weighted by Gasteiger charge is -2.11. The van der Waals surface area contributed by atoms with Gasteiger partial charge in [0.15, 0.2) is 0 Å². The Morgan fingerprint density at radius 3 is 2.25 bits per heavy atom. The van der Waals surface area contributed by atoms with Gasteiger partial charge in [0.25, 0.3) is 11.8 Å². The number of benzene rings is 2. The minimum absolute atomic E-state index is 0.224. The molecule has 0 atom stereocenters. The summed E-state index contributed by atoms with van der Waals surface area (Å²) < 4.78 is 1.06. The molecule has 0 saturated heterocycles. The number of hydroxylamine groups is 2. The zero-order chi connectivity index (χ0) is 19.3. The quantitative estimate of drug-likeness (QED) is 0.472. The van der Waals surface area contributed by atoms with E-state index in [1.807, 2.05) is 24.3 Å². The SMILES string of the molecule is O=C(ON1C(=O)c2ccccc2C1=O)c1ccc(-c2nc3ccccc3s2)s1. The van der Waals surface area contributed by atoms with Crippen molar-refractivity contribution in [2.75, 3.05) is 0 Å². The highest BCUT2D eigenvalue weighted by Gasteiger charge is 2.39. The molecular weight excluding hydrogens is 396 g/mol. The first-order valence-electron chi connectivity index (χ1n) is 8.28. The predicted octanol–water partition coefficient (Wildman–Crippen LogP) is 4.39. The second-order valence-corrected chi connectivity index (χ2v) is 8.09. The number of nitrogens with zero attached hydrogens (tertiary/aromatic N) is 2. The fourth-order valence-corrected chi connectivity index (χ4v) is 4.82. The smallest absolute Gasteiger partial charge is 0.323 e. The molecule has 28 heavy (non-hydrogen) atoms. The summed E-state index contributed by atoms with van der Waals surface area (Å²) in [6, 6.07) is 17.5. The summed E-state index contributed by atoms with van der Waals surface area (Å²) in [6.45, 7) is 0. The number of carbonyl (C=O) groups excluding carboxylic acids is 3. The van der Waals surface area contributed by atoms with E-state index in [1.165, 1.54) is 34.8 Å². The highest BCUT2D eigenvalue weighted by Crippen LogP contribution is 2.35. The van der Waals surface area contributed by atoms with Crippen LogP contribution in [0.15, 0.2) is 60.7 Å². The fourth-order valence-electron chi connectivity index (χ4n) is 2.92. The topological polar surface area (TPSA) is 76.6 Å². The molecule has 0 aliphatic carbocycles. The summed E-state index contributed by atoms with van der Waals surface area (Å²) in [5, 5.41) is 1.32. The van der Waals surface area contributed by atoms with Crippen LogP contribution >= 0.6 is 22.7 Å². The van der Waals surface area contributed by atoms with Crippen molar-refractivity contribution in [3.8, 4) is 9.88 Å². The van der Waals surface area contributed by atoms with Crippen molar-refractivity contribution in [3.05, 3.63) is 76.7 Å². The van der Waals surface area contributed by atoms with Crippen molar-refractivity contribution in [1.82, 2.24) is 10.0 Å². The number of thiazole rings is 1. The van der Waals surface area contributed by atoms with E-state index in [2.05, 4.69) is 4.98 Å². The standard InChI is InChI=1S/C20H10N2O4S2/c23-18-11-5-1-2-6-12(11)19(24)22(18)26-20(25)16-10-9-15(27-16)17-21-13-7-3-4-8-14(13)28-17/h1-10H. The number of imide groups is 1. The average Bonchev–Trinajstić information content (AvgIpc) is 3.42. The predicted molar refractivity (Wildman–Crippen MR) is 105 cm³/mol. The first-order chi connectivity index (χ1) is 13.6. The molecule has 0 unspecified atom stereocenters. The zero-order valence-corrected chi connectivity index (χ0v) is 15.8. The summed E-state index contributed by atoms with van der Waals surface area (Å²) >= 11 is 2.73. The van der Waals surface area contributed by atoms with E-state index in [0.29, 0.717) is 5.06 Å². The van der Waals surface area contributed by atoms with Gasteiger partial charge in [-0.3, -0.25) is 9.59 Å². The number of thiophene rings is 1. The maximum Gasteiger partial charge on any atom is 0.373 e. The van der Waals surface area contributed by atoms with Crippen molar-refractivity contribution in [2.45, 2.75) is 0 Å². The highest BCUT2D eigenvalue weighted by molar-refractivity contribution is 7.26. The molecule has 5 rings (SSSR count). The van der Waals surface area contributed by atoms with Crippen LogP contribution in [0.5, 0.6) is 0 Å². The van der Waals surface area contributed by atoms with Crippen molar-refractivity contribution in [2.24, 2.45) is 0 Å². The van der Waals surface area contributed by atoms with E-state index in [-0.39, 0.29) is 16.0 Å². The molecule has 136 valence electrons. The molecule has 2 amide bonds. The lowest BCUT2D eigenvalue weighted by Crippen LogP contribution is -2.32. The van der Waals surface area contributed by atoms with Crippen LogP contribution in [0, 0.1) is 0 Å². The minimum Gasteiger partial charge on any atom is -0.323 e. The van der Waals surface area contributed by atoms with Crippen LogP contribution in [0.3, 0.4) is 0 Å². The monoisotopic (exact) mass is 406 g/mol. The number of amides is 2. The Balaban J connectivity index is 1.38. The maximum atomic E-state index is 12.5. The van der Waals surface area contributed by atoms with Crippen molar-refractivity contribution < 1.29 is 19.2 Å². The summed E-state index contributed by atoms with van der Waals surface area (Å²) in [7, 11) is 0. The normalized spacial score (nSPS) is 13.2.